The normalized spacial score (nSPS) is 24.4. The molecule has 1 aromatic heterocycles. The average molecular weight is 312 g/mol. The number of halogens is 2. The third-order valence-corrected chi connectivity index (χ3v) is 4.86. The number of hydrogen-bond acceptors (Lipinski definition) is 2. The van der Waals surface area contributed by atoms with Crippen molar-refractivity contribution in [3.63, 3.8) is 0 Å². The minimum absolute atomic E-state index is 0.438. The van der Waals surface area contributed by atoms with Crippen LogP contribution in [-0.2, 0) is 5.88 Å². The standard InChI is InChI=1S/C15H19Cl2N3/c1-10-7-12(5-6-19(10)2)20-14-4-3-11(17)8-13(14)18-15(20)9-16/h3-4,8,10,12H,5-7,9H2,1-2H3. The fourth-order valence-electron chi connectivity index (χ4n) is 3.12. The summed E-state index contributed by atoms with van der Waals surface area (Å²) in [5.41, 5.74) is 2.09. The molecule has 2 aromatic rings. The van der Waals surface area contributed by atoms with Gasteiger partial charge in [0.15, 0.2) is 0 Å². The van der Waals surface area contributed by atoms with E-state index in [1.165, 1.54) is 0 Å². The van der Waals surface area contributed by atoms with E-state index in [2.05, 4.69) is 34.5 Å². The van der Waals surface area contributed by atoms with E-state index >= 15 is 0 Å². The van der Waals surface area contributed by atoms with Gasteiger partial charge in [-0.2, -0.15) is 0 Å². The molecule has 0 spiro atoms. The lowest BCUT2D eigenvalue weighted by atomic mass is 9.98. The first-order chi connectivity index (χ1) is 9.60. The summed E-state index contributed by atoms with van der Waals surface area (Å²) in [5, 5.41) is 0.722. The lowest BCUT2D eigenvalue weighted by molar-refractivity contribution is 0.157. The van der Waals surface area contributed by atoms with Crippen molar-refractivity contribution >= 4 is 34.2 Å². The Morgan fingerprint density at radius 3 is 2.90 bits per heavy atom. The zero-order valence-electron chi connectivity index (χ0n) is 11.8. The molecule has 20 heavy (non-hydrogen) atoms. The van der Waals surface area contributed by atoms with E-state index in [1.54, 1.807) is 0 Å². The number of alkyl halides is 1. The molecule has 1 saturated heterocycles. The van der Waals surface area contributed by atoms with Gasteiger partial charge in [0, 0.05) is 23.7 Å². The Bertz CT molecular complexity index is 623. The van der Waals surface area contributed by atoms with Crippen LogP contribution in [0.25, 0.3) is 11.0 Å². The fraction of sp³-hybridized carbons (Fsp3) is 0.533. The second-order valence-corrected chi connectivity index (χ2v) is 6.38. The summed E-state index contributed by atoms with van der Waals surface area (Å²) in [6, 6.07) is 6.96. The molecule has 3 nitrogen and oxygen atoms in total. The number of aromatic nitrogens is 2. The highest BCUT2D eigenvalue weighted by atomic mass is 35.5. The summed E-state index contributed by atoms with van der Waals surface area (Å²) in [6.45, 7) is 3.39. The number of likely N-dealkylation sites (tertiary alicyclic amines) is 1. The van der Waals surface area contributed by atoms with E-state index in [9.17, 15) is 0 Å². The van der Waals surface area contributed by atoms with E-state index in [4.69, 9.17) is 23.2 Å². The lowest BCUT2D eigenvalue weighted by Gasteiger charge is -2.36. The SMILES string of the molecule is CC1CC(n2c(CCl)nc3cc(Cl)ccc32)CCN1C. The summed E-state index contributed by atoms with van der Waals surface area (Å²) in [6.07, 6.45) is 2.27. The molecule has 2 unspecified atom stereocenters. The highest BCUT2D eigenvalue weighted by Gasteiger charge is 2.26. The number of hydrogen-bond donors (Lipinski definition) is 0. The van der Waals surface area contributed by atoms with Crippen LogP contribution in [0.15, 0.2) is 18.2 Å². The molecule has 1 aliphatic heterocycles. The van der Waals surface area contributed by atoms with E-state index in [0.717, 1.165) is 41.3 Å². The molecule has 1 aliphatic rings. The quantitative estimate of drug-likeness (QED) is 0.779. The van der Waals surface area contributed by atoms with Gasteiger partial charge < -0.3 is 9.47 Å². The first-order valence-corrected chi connectivity index (χ1v) is 7.94. The Balaban J connectivity index is 2.05. The third-order valence-electron chi connectivity index (χ3n) is 4.39. The van der Waals surface area contributed by atoms with E-state index in [0.29, 0.717) is 18.0 Å². The predicted octanol–water partition coefficient (Wildman–Crippen LogP) is 4.08. The van der Waals surface area contributed by atoms with Crippen LogP contribution in [0.4, 0.5) is 0 Å². The Kier molecular flexibility index (Phi) is 3.93. The van der Waals surface area contributed by atoms with Gasteiger partial charge in [-0.1, -0.05) is 11.6 Å². The minimum Gasteiger partial charge on any atom is -0.324 e. The molecular weight excluding hydrogens is 293 g/mol. The van der Waals surface area contributed by atoms with Gasteiger partial charge in [0.25, 0.3) is 0 Å². The minimum atomic E-state index is 0.438. The van der Waals surface area contributed by atoms with Crippen molar-refractivity contribution in [3.05, 3.63) is 29.0 Å². The van der Waals surface area contributed by atoms with Crippen molar-refractivity contribution in [2.75, 3.05) is 13.6 Å². The van der Waals surface area contributed by atoms with Crippen molar-refractivity contribution in [1.29, 1.82) is 0 Å². The van der Waals surface area contributed by atoms with Crippen molar-refractivity contribution in [2.24, 2.45) is 0 Å². The smallest absolute Gasteiger partial charge is 0.125 e. The Labute approximate surface area is 129 Å². The highest BCUT2D eigenvalue weighted by Crippen LogP contribution is 2.32. The lowest BCUT2D eigenvalue weighted by Crippen LogP contribution is -2.38. The van der Waals surface area contributed by atoms with Gasteiger partial charge in [0.1, 0.15) is 5.82 Å². The monoisotopic (exact) mass is 311 g/mol. The molecule has 0 saturated carbocycles. The molecule has 0 bridgehead atoms. The van der Waals surface area contributed by atoms with Gasteiger partial charge in [0.2, 0.25) is 0 Å². The van der Waals surface area contributed by atoms with Crippen LogP contribution < -0.4 is 0 Å². The number of rotatable bonds is 2. The van der Waals surface area contributed by atoms with E-state index < -0.39 is 0 Å². The van der Waals surface area contributed by atoms with Gasteiger partial charge in [-0.05, 0) is 45.0 Å². The summed E-state index contributed by atoms with van der Waals surface area (Å²) >= 11 is 12.2. The molecule has 108 valence electrons. The average Bonchev–Trinajstić information content (AvgIpc) is 2.79. The predicted molar refractivity (Wildman–Crippen MR) is 84.7 cm³/mol. The summed E-state index contributed by atoms with van der Waals surface area (Å²) < 4.78 is 2.32. The molecule has 1 fully saturated rings. The zero-order valence-corrected chi connectivity index (χ0v) is 13.3. The van der Waals surface area contributed by atoms with Crippen molar-refractivity contribution in [1.82, 2.24) is 14.5 Å². The van der Waals surface area contributed by atoms with Gasteiger partial charge in [-0.15, -0.1) is 11.6 Å². The highest BCUT2D eigenvalue weighted by molar-refractivity contribution is 6.31. The Morgan fingerprint density at radius 1 is 1.40 bits per heavy atom. The Hall–Kier alpha value is -0.770. The molecule has 3 rings (SSSR count). The third kappa shape index (κ3) is 2.43. The maximum absolute atomic E-state index is 6.10. The number of nitrogens with zero attached hydrogens (tertiary/aromatic N) is 3. The maximum atomic E-state index is 6.10. The van der Waals surface area contributed by atoms with Crippen LogP contribution in [0.5, 0.6) is 0 Å². The first-order valence-electron chi connectivity index (χ1n) is 7.02. The molecule has 0 radical (unpaired) electrons. The molecule has 0 N–H and O–H groups in total. The van der Waals surface area contributed by atoms with E-state index in [-0.39, 0.29) is 0 Å². The van der Waals surface area contributed by atoms with E-state index in [1.807, 2.05) is 12.1 Å². The number of fused-ring (bicyclic) bond motifs is 1. The first kappa shape index (κ1) is 14.2. The molecule has 2 atom stereocenters. The van der Waals surface area contributed by atoms with Crippen molar-refractivity contribution < 1.29 is 0 Å². The van der Waals surface area contributed by atoms with Gasteiger partial charge >= 0.3 is 0 Å². The summed E-state index contributed by atoms with van der Waals surface area (Å²) in [7, 11) is 2.19. The maximum Gasteiger partial charge on any atom is 0.125 e. The van der Waals surface area contributed by atoms with Gasteiger partial charge in [-0.3, -0.25) is 0 Å². The molecular formula is C15H19Cl2N3. The summed E-state index contributed by atoms with van der Waals surface area (Å²) in [4.78, 5) is 7.05. The largest absolute Gasteiger partial charge is 0.324 e. The number of piperidine rings is 1. The van der Waals surface area contributed by atoms with Crippen LogP contribution >= 0.6 is 23.2 Å². The second kappa shape index (κ2) is 5.55. The van der Waals surface area contributed by atoms with Crippen molar-refractivity contribution in [3.8, 4) is 0 Å². The van der Waals surface area contributed by atoms with Gasteiger partial charge in [-0.25, -0.2) is 4.98 Å². The fourth-order valence-corrected chi connectivity index (χ4v) is 3.48. The number of imidazole rings is 1. The van der Waals surface area contributed by atoms with Crippen LogP contribution in [-0.4, -0.2) is 34.1 Å². The molecule has 1 aromatic carbocycles. The number of benzene rings is 1. The second-order valence-electron chi connectivity index (χ2n) is 5.67. The molecule has 0 amide bonds. The van der Waals surface area contributed by atoms with Crippen LogP contribution in [0.3, 0.4) is 0 Å². The topological polar surface area (TPSA) is 21.1 Å². The zero-order chi connectivity index (χ0) is 14.3. The Morgan fingerprint density at radius 2 is 2.20 bits per heavy atom. The molecule has 0 aliphatic carbocycles. The van der Waals surface area contributed by atoms with Crippen LogP contribution in [0.1, 0.15) is 31.6 Å². The van der Waals surface area contributed by atoms with Gasteiger partial charge in [0.05, 0.1) is 16.9 Å². The van der Waals surface area contributed by atoms with Crippen LogP contribution in [0.2, 0.25) is 5.02 Å². The summed E-state index contributed by atoms with van der Waals surface area (Å²) in [5.74, 6) is 1.39. The molecule has 2 heterocycles. The van der Waals surface area contributed by atoms with Crippen molar-refractivity contribution in [2.45, 2.75) is 37.7 Å². The molecule has 5 heteroatoms. The van der Waals surface area contributed by atoms with Crippen LogP contribution in [0, 0.1) is 0 Å².